The van der Waals surface area contributed by atoms with Crippen LogP contribution in [0.15, 0.2) is 32.8 Å². The van der Waals surface area contributed by atoms with Crippen LogP contribution in [0.25, 0.3) is 0 Å². The molecular weight excluding hydrogens is 346 g/mol. The van der Waals surface area contributed by atoms with Gasteiger partial charge in [-0.3, -0.25) is 0 Å². The highest BCUT2D eigenvalue weighted by Crippen LogP contribution is 2.24. The topological polar surface area (TPSA) is 84.5 Å². The quantitative estimate of drug-likeness (QED) is 0.566. The first kappa shape index (κ1) is 19.3. The molecule has 0 saturated carbocycles. The smallest absolute Gasteiger partial charge is 0.238 e. The normalized spacial score (nSPS) is 14.9. The minimum atomic E-state index is 0.360. The third-order valence-electron chi connectivity index (χ3n) is 4.35. The Morgan fingerprint density at radius 1 is 1.22 bits per heavy atom. The molecule has 2 aromatic heterocycles. The van der Waals surface area contributed by atoms with Crippen LogP contribution in [-0.2, 0) is 11.3 Å². The molecule has 8 nitrogen and oxygen atoms in total. The van der Waals surface area contributed by atoms with E-state index in [4.69, 9.17) is 18.9 Å². The van der Waals surface area contributed by atoms with Crippen molar-refractivity contribution in [3.05, 3.63) is 35.2 Å². The maximum atomic E-state index is 5.85. The van der Waals surface area contributed by atoms with Gasteiger partial charge in [-0.2, -0.15) is 5.11 Å². The summed E-state index contributed by atoms with van der Waals surface area (Å²) < 4.78 is 16.8. The Morgan fingerprint density at radius 2 is 2.04 bits per heavy atom. The number of pyridine rings is 1. The molecule has 0 bridgehead atoms. The van der Waals surface area contributed by atoms with E-state index in [2.05, 4.69) is 20.4 Å². The number of ether oxygens (including phenoxy) is 2. The summed E-state index contributed by atoms with van der Waals surface area (Å²) in [6, 6.07) is 5.76. The summed E-state index contributed by atoms with van der Waals surface area (Å²) in [5.74, 6) is 3.04. The van der Waals surface area contributed by atoms with Gasteiger partial charge >= 0.3 is 0 Å². The van der Waals surface area contributed by atoms with Gasteiger partial charge < -0.3 is 24.1 Å². The number of anilines is 1. The number of aryl methyl sites for hydroxylation is 2. The maximum Gasteiger partial charge on any atom is 0.238 e. The van der Waals surface area contributed by atoms with Gasteiger partial charge in [0.2, 0.25) is 5.88 Å². The number of hydrogen-bond donors (Lipinski definition) is 1. The Morgan fingerprint density at radius 3 is 2.74 bits per heavy atom. The van der Waals surface area contributed by atoms with E-state index in [1.54, 1.807) is 0 Å². The van der Waals surface area contributed by atoms with Crippen molar-refractivity contribution in [3.63, 3.8) is 0 Å². The van der Waals surface area contributed by atoms with Crippen LogP contribution < -0.4 is 15.0 Å². The van der Waals surface area contributed by atoms with Gasteiger partial charge in [0.05, 0.1) is 18.9 Å². The van der Waals surface area contributed by atoms with Crippen molar-refractivity contribution >= 4 is 11.7 Å². The molecule has 1 fully saturated rings. The lowest BCUT2D eigenvalue weighted by atomic mass is 10.3. The predicted octanol–water partition coefficient (Wildman–Crippen LogP) is 3.01. The van der Waals surface area contributed by atoms with Crippen LogP contribution in [0.2, 0.25) is 0 Å². The first-order chi connectivity index (χ1) is 13.2. The third-order valence-corrected chi connectivity index (χ3v) is 4.35. The van der Waals surface area contributed by atoms with E-state index >= 15 is 0 Å². The van der Waals surface area contributed by atoms with Gasteiger partial charge in [-0.05, 0) is 26.5 Å². The highest BCUT2D eigenvalue weighted by atomic mass is 16.5. The van der Waals surface area contributed by atoms with Gasteiger partial charge in [-0.15, -0.1) is 5.11 Å². The molecule has 1 aliphatic rings. The lowest BCUT2D eigenvalue weighted by Crippen LogP contribution is -2.36. The SMILES string of the molecule is CNCCOc1cc(CN=Nc2cc(C)c(C)o2)nc(N2CCOCC2)c1. The summed E-state index contributed by atoms with van der Waals surface area (Å²) >= 11 is 0. The van der Waals surface area contributed by atoms with Gasteiger partial charge in [0.15, 0.2) is 0 Å². The summed E-state index contributed by atoms with van der Waals surface area (Å²) in [4.78, 5) is 6.93. The average Bonchev–Trinajstić information content (AvgIpc) is 3.00. The second-order valence-corrected chi connectivity index (χ2v) is 6.43. The maximum absolute atomic E-state index is 5.85. The molecule has 0 amide bonds. The Hall–Kier alpha value is -2.45. The third kappa shape index (κ3) is 5.51. The van der Waals surface area contributed by atoms with Crippen LogP contribution in [0.3, 0.4) is 0 Å². The molecular formula is C19H27N5O3. The number of rotatable bonds is 8. The van der Waals surface area contributed by atoms with Crippen LogP contribution in [0.5, 0.6) is 5.75 Å². The number of likely N-dealkylation sites (N-methyl/N-ethyl adjacent to an activating group) is 1. The number of azo groups is 1. The van der Waals surface area contributed by atoms with E-state index in [1.807, 2.05) is 39.1 Å². The van der Waals surface area contributed by atoms with Crippen LogP contribution in [0.4, 0.5) is 11.7 Å². The lowest BCUT2D eigenvalue weighted by molar-refractivity contribution is 0.122. The van der Waals surface area contributed by atoms with Crippen molar-refractivity contribution in [1.29, 1.82) is 0 Å². The molecule has 1 N–H and O–H groups in total. The number of hydrogen-bond acceptors (Lipinski definition) is 8. The average molecular weight is 373 g/mol. The first-order valence-electron chi connectivity index (χ1n) is 9.21. The van der Waals surface area contributed by atoms with Gasteiger partial charge in [0.25, 0.3) is 0 Å². The summed E-state index contributed by atoms with van der Waals surface area (Å²) in [6.45, 7) is 8.68. The van der Waals surface area contributed by atoms with E-state index < -0.39 is 0 Å². The number of nitrogens with one attached hydrogen (secondary N) is 1. The number of nitrogens with zero attached hydrogens (tertiary/aromatic N) is 4. The predicted molar refractivity (Wildman–Crippen MR) is 103 cm³/mol. The van der Waals surface area contributed by atoms with Gasteiger partial charge in [-0.1, -0.05) is 0 Å². The van der Waals surface area contributed by atoms with Crippen molar-refractivity contribution < 1.29 is 13.9 Å². The van der Waals surface area contributed by atoms with E-state index in [0.29, 0.717) is 32.2 Å². The van der Waals surface area contributed by atoms with Crippen molar-refractivity contribution in [2.45, 2.75) is 20.4 Å². The molecule has 0 aliphatic carbocycles. The van der Waals surface area contributed by atoms with Crippen LogP contribution in [-0.4, -0.2) is 51.5 Å². The molecule has 146 valence electrons. The monoisotopic (exact) mass is 373 g/mol. The molecule has 0 unspecified atom stereocenters. The minimum absolute atomic E-state index is 0.360. The summed E-state index contributed by atoms with van der Waals surface area (Å²) in [5.41, 5.74) is 1.87. The second-order valence-electron chi connectivity index (χ2n) is 6.43. The van der Waals surface area contributed by atoms with Crippen LogP contribution >= 0.6 is 0 Å². The Kier molecular flexibility index (Phi) is 6.78. The summed E-state index contributed by atoms with van der Waals surface area (Å²) in [7, 11) is 1.90. The van der Waals surface area contributed by atoms with Gasteiger partial charge in [0.1, 0.15) is 30.5 Å². The molecule has 2 aromatic rings. The fourth-order valence-corrected chi connectivity index (χ4v) is 2.71. The van der Waals surface area contributed by atoms with Crippen molar-refractivity contribution in [2.24, 2.45) is 10.2 Å². The van der Waals surface area contributed by atoms with Crippen LogP contribution in [0.1, 0.15) is 17.0 Å². The fraction of sp³-hybridized carbons (Fsp3) is 0.526. The van der Waals surface area contributed by atoms with Gasteiger partial charge in [-0.25, -0.2) is 4.98 Å². The Bertz CT molecular complexity index is 749. The zero-order valence-electron chi connectivity index (χ0n) is 16.2. The minimum Gasteiger partial charge on any atom is -0.492 e. The van der Waals surface area contributed by atoms with Crippen molar-refractivity contribution in [1.82, 2.24) is 10.3 Å². The molecule has 1 aliphatic heterocycles. The molecule has 0 spiro atoms. The number of aromatic nitrogens is 1. The fourth-order valence-electron chi connectivity index (χ4n) is 2.71. The van der Waals surface area contributed by atoms with Crippen LogP contribution in [0, 0.1) is 13.8 Å². The molecule has 3 heterocycles. The zero-order valence-corrected chi connectivity index (χ0v) is 16.2. The van der Waals surface area contributed by atoms with Crippen molar-refractivity contribution in [2.75, 3.05) is 51.4 Å². The molecule has 0 radical (unpaired) electrons. The first-order valence-corrected chi connectivity index (χ1v) is 9.21. The summed E-state index contributed by atoms with van der Waals surface area (Å²) in [5, 5.41) is 11.5. The second kappa shape index (κ2) is 9.48. The Labute approximate surface area is 159 Å². The largest absolute Gasteiger partial charge is 0.492 e. The molecule has 0 aromatic carbocycles. The molecule has 27 heavy (non-hydrogen) atoms. The highest BCUT2D eigenvalue weighted by molar-refractivity contribution is 5.46. The van der Waals surface area contributed by atoms with Crippen molar-refractivity contribution in [3.8, 4) is 5.75 Å². The van der Waals surface area contributed by atoms with E-state index in [0.717, 1.165) is 48.2 Å². The lowest BCUT2D eigenvalue weighted by Gasteiger charge is -2.28. The Balaban J connectivity index is 1.73. The molecule has 1 saturated heterocycles. The zero-order chi connectivity index (χ0) is 19.1. The number of morpholine rings is 1. The van der Waals surface area contributed by atoms with Gasteiger partial charge in [0, 0.05) is 37.8 Å². The molecule has 8 heteroatoms. The standard InChI is InChI=1S/C19H27N5O3/c1-14-10-19(27-15(14)2)23-21-13-16-11-17(26-7-4-20-3)12-18(22-16)24-5-8-25-9-6-24/h10-12,20H,4-9,13H2,1-3H3. The molecule has 0 atom stereocenters. The van der Waals surface area contributed by atoms with E-state index in [9.17, 15) is 0 Å². The number of furan rings is 1. The molecule has 3 rings (SSSR count). The highest BCUT2D eigenvalue weighted by Gasteiger charge is 2.15. The van der Waals surface area contributed by atoms with E-state index in [-0.39, 0.29) is 0 Å². The summed E-state index contributed by atoms with van der Waals surface area (Å²) in [6.07, 6.45) is 0. The van der Waals surface area contributed by atoms with E-state index in [1.165, 1.54) is 0 Å².